The van der Waals surface area contributed by atoms with Gasteiger partial charge in [0.15, 0.2) is 0 Å². The molecule has 0 aromatic heterocycles. The largest absolute Gasteiger partial charge is 0.381 e. The molecule has 0 bridgehead atoms. The highest BCUT2D eigenvalue weighted by atomic mass is 16.5. The molecule has 3 fully saturated rings. The van der Waals surface area contributed by atoms with Gasteiger partial charge in [0, 0.05) is 44.7 Å². The van der Waals surface area contributed by atoms with Gasteiger partial charge in [-0.1, -0.05) is 24.3 Å². The second-order valence-electron chi connectivity index (χ2n) is 9.53. The lowest BCUT2D eigenvalue weighted by Gasteiger charge is -2.41. The number of hydrogen-bond acceptors (Lipinski definition) is 3. The molecule has 5 rings (SSSR count). The Morgan fingerprint density at radius 1 is 1.07 bits per heavy atom. The molecule has 1 aromatic carbocycles. The third kappa shape index (κ3) is 3.81. The van der Waals surface area contributed by atoms with E-state index in [0.717, 1.165) is 58.0 Å². The van der Waals surface area contributed by atoms with Gasteiger partial charge in [0.2, 0.25) is 11.8 Å². The number of ether oxygens (including phenoxy) is 1. The summed E-state index contributed by atoms with van der Waals surface area (Å²) in [4.78, 5) is 27.5. The van der Waals surface area contributed by atoms with E-state index in [4.69, 9.17) is 4.74 Å². The van der Waals surface area contributed by atoms with Crippen LogP contribution in [0.25, 0.3) is 0 Å². The second kappa shape index (κ2) is 7.75. The van der Waals surface area contributed by atoms with Crippen molar-refractivity contribution in [1.82, 2.24) is 10.2 Å². The molecule has 1 atom stereocenters. The molecular formula is C24H32N2O3. The Balaban J connectivity index is 1.27. The molecule has 1 saturated carbocycles. The Kier molecular flexibility index (Phi) is 5.10. The van der Waals surface area contributed by atoms with Crippen molar-refractivity contribution in [2.75, 3.05) is 26.3 Å². The van der Waals surface area contributed by atoms with E-state index in [2.05, 4.69) is 34.5 Å². The Hall–Kier alpha value is -1.88. The first-order valence-corrected chi connectivity index (χ1v) is 11.4. The number of nitrogens with one attached hydrogen (secondary N) is 1. The number of nitrogens with zero attached hydrogens (tertiary/aromatic N) is 1. The van der Waals surface area contributed by atoms with Crippen LogP contribution in [0.2, 0.25) is 0 Å². The van der Waals surface area contributed by atoms with Gasteiger partial charge in [-0.05, 0) is 67.4 Å². The van der Waals surface area contributed by atoms with Crippen LogP contribution in [-0.4, -0.2) is 49.1 Å². The smallest absolute Gasteiger partial charge is 0.225 e. The molecule has 1 aromatic rings. The number of carbonyl (C=O) groups is 2. The summed E-state index contributed by atoms with van der Waals surface area (Å²) >= 11 is 0. The molecule has 0 unspecified atom stereocenters. The summed E-state index contributed by atoms with van der Waals surface area (Å²) in [7, 11) is 0. The number of piperidine rings is 1. The van der Waals surface area contributed by atoms with E-state index in [1.165, 1.54) is 11.1 Å². The average Bonchev–Trinajstić information content (AvgIpc) is 3.53. The highest BCUT2D eigenvalue weighted by Crippen LogP contribution is 2.52. The predicted octanol–water partition coefficient (Wildman–Crippen LogP) is 3.13. The van der Waals surface area contributed by atoms with E-state index in [1.54, 1.807) is 0 Å². The molecule has 2 amide bonds. The molecule has 0 radical (unpaired) electrons. The number of carbonyl (C=O) groups excluding carboxylic acids is 2. The summed E-state index contributed by atoms with van der Waals surface area (Å²) in [5.74, 6) is 0.988. The van der Waals surface area contributed by atoms with Crippen LogP contribution in [-0.2, 0) is 19.7 Å². The van der Waals surface area contributed by atoms with Crippen molar-refractivity contribution in [2.45, 2.75) is 68.7 Å². The SMILES string of the molecule is O=C(C[C@H]1CC2(CCN(C(=O)C3CCOCC3)CC2)c2ccccc21)NC1CC1. The summed E-state index contributed by atoms with van der Waals surface area (Å²) in [6.45, 7) is 3.11. The minimum Gasteiger partial charge on any atom is -0.381 e. The van der Waals surface area contributed by atoms with Gasteiger partial charge in [0.25, 0.3) is 0 Å². The molecule has 4 aliphatic rings. The number of fused-ring (bicyclic) bond motifs is 2. The number of amides is 2. The normalized spacial score (nSPS) is 26.3. The molecule has 29 heavy (non-hydrogen) atoms. The zero-order valence-corrected chi connectivity index (χ0v) is 17.2. The first kappa shape index (κ1) is 19.1. The molecule has 2 heterocycles. The van der Waals surface area contributed by atoms with E-state index < -0.39 is 0 Å². The van der Waals surface area contributed by atoms with Gasteiger partial charge in [-0.25, -0.2) is 0 Å². The van der Waals surface area contributed by atoms with E-state index in [-0.39, 0.29) is 17.2 Å². The molecule has 1 N–H and O–H groups in total. The zero-order valence-electron chi connectivity index (χ0n) is 17.2. The quantitative estimate of drug-likeness (QED) is 0.851. The van der Waals surface area contributed by atoms with Crippen LogP contribution in [0.1, 0.15) is 68.4 Å². The molecule has 2 aliphatic heterocycles. The fourth-order valence-electron chi connectivity index (χ4n) is 5.78. The molecule has 156 valence electrons. The van der Waals surface area contributed by atoms with Gasteiger partial charge in [0.1, 0.15) is 0 Å². The molecule has 5 nitrogen and oxygen atoms in total. The predicted molar refractivity (Wildman–Crippen MR) is 111 cm³/mol. The van der Waals surface area contributed by atoms with Crippen molar-refractivity contribution >= 4 is 11.8 Å². The van der Waals surface area contributed by atoms with Crippen molar-refractivity contribution in [1.29, 1.82) is 0 Å². The van der Waals surface area contributed by atoms with Gasteiger partial charge >= 0.3 is 0 Å². The number of rotatable bonds is 4. The highest BCUT2D eigenvalue weighted by Gasteiger charge is 2.46. The second-order valence-corrected chi connectivity index (χ2v) is 9.53. The lowest BCUT2D eigenvalue weighted by atomic mass is 9.73. The summed E-state index contributed by atoms with van der Waals surface area (Å²) in [5, 5.41) is 3.16. The Bertz CT molecular complexity index is 774. The van der Waals surface area contributed by atoms with Gasteiger partial charge < -0.3 is 15.0 Å². The van der Waals surface area contributed by atoms with Gasteiger partial charge in [-0.3, -0.25) is 9.59 Å². The highest BCUT2D eigenvalue weighted by molar-refractivity contribution is 5.79. The van der Waals surface area contributed by atoms with Crippen molar-refractivity contribution < 1.29 is 14.3 Å². The monoisotopic (exact) mass is 396 g/mol. The van der Waals surface area contributed by atoms with Crippen molar-refractivity contribution in [3.05, 3.63) is 35.4 Å². The van der Waals surface area contributed by atoms with Crippen molar-refractivity contribution in [2.24, 2.45) is 5.92 Å². The minimum absolute atomic E-state index is 0.133. The third-order valence-electron chi connectivity index (χ3n) is 7.59. The fraction of sp³-hybridized carbons (Fsp3) is 0.667. The molecular weight excluding hydrogens is 364 g/mol. The summed E-state index contributed by atoms with van der Waals surface area (Å²) in [5.41, 5.74) is 2.93. The Labute approximate surface area is 173 Å². The van der Waals surface area contributed by atoms with Gasteiger partial charge in [-0.15, -0.1) is 0 Å². The summed E-state index contributed by atoms with van der Waals surface area (Å²) in [6, 6.07) is 9.15. The first-order valence-electron chi connectivity index (χ1n) is 11.4. The van der Waals surface area contributed by atoms with Gasteiger partial charge in [-0.2, -0.15) is 0 Å². The van der Waals surface area contributed by atoms with E-state index in [9.17, 15) is 9.59 Å². The zero-order chi connectivity index (χ0) is 19.8. The topological polar surface area (TPSA) is 58.6 Å². The molecule has 2 saturated heterocycles. The maximum absolute atomic E-state index is 12.9. The molecule has 5 heteroatoms. The Morgan fingerprint density at radius 3 is 2.52 bits per heavy atom. The van der Waals surface area contributed by atoms with Crippen LogP contribution < -0.4 is 5.32 Å². The number of likely N-dealkylation sites (tertiary alicyclic amines) is 1. The first-order chi connectivity index (χ1) is 14.1. The van der Waals surface area contributed by atoms with Crippen LogP contribution in [0.4, 0.5) is 0 Å². The van der Waals surface area contributed by atoms with E-state index >= 15 is 0 Å². The van der Waals surface area contributed by atoms with Crippen LogP contribution in [0.3, 0.4) is 0 Å². The Morgan fingerprint density at radius 2 is 1.79 bits per heavy atom. The van der Waals surface area contributed by atoms with Crippen molar-refractivity contribution in [3.8, 4) is 0 Å². The fourth-order valence-corrected chi connectivity index (χ4v) is 5.78. The van der Waals surface area contributed by atoms with Crippen LogP contribution in [0.15, 0.2) is 24.3 Å². The third-order valence-corrected chi connectivity index (χ3v) is 7.59. The van der Waals surface area contributed by atoms with E-state index in [1.807, 2.05) is 0 Å². The lowest BCUT2D eigenvalue weighted by Crippen LogP contribution is -2.47. The average molecular weight is 397 g/mol. The van der Waals surface area contributed by atoms with Gasteiger partial charge in [0.05, 0.1) is 0 Å². The minimum atomic E-state index is 0.133. The summed E-state index contributed by atoms with van der Waals surface area (Å²) in [6.07, 6.45) is 7.66. The standard InChI is InChI=1S/C24H32N2O3/c27-22(25-19-5-6-19)15-18-16-24(21-4-2-1-3-20(18)21)9-11-26(12-10-24)23(28)17-7-13-29-14-8-17/h1-4,17-19H,5-16H2,(H,25,27)/t18-/m0/s1. The molecule has 1 spiro atoms. The summed E-state index contributed by atoms with van der Waals surface area (Å²) < 4.78 is 5.42. The van der Waals surface area contributed by atoms with Crippen LogP contribution >= 0.6 is 0 Å². The van der Waals surface area contributed by atoms with Crippen molar-refractivity contribution in [3.63, 3.8) is 0 Å². The van der Waals surface area contributed by atoms with Crippen LogP contribution in [0, 0.1) is 5.92 Å². The number of benzene rings is 1. The maximum atomic E-state index is 12.9. The maximum Gasteiger partial charge on any atom is 0.225 e. The van der Waals surface area contributed by atoms with Crippen LogP contribution in [0.5, 0.6) is 0 Å². The lowest BCUT2D eigenvalue weighted by molar-refractivity contribution is -0.140. The number of hydrogen-bond donors (Lipinski definition) is 1. The molecule has 2 aliphatic carbocycles. The van der Waals surface area contributed by atoms with E-state index in [0.29, 0.717) is 37.5 Å².